The monoisotopic (exact) mass is 426 g/mol. The topological polar surface area (TPSA) is 93.5 Å². The zero-order valence-corrected chi connectivity index (χ0v) is 17.3. The van der Waals surface area contributed by atoms with E-state index in [9.17, 15) is 13.2 Å². The maximum atomic E-state index is 12.7. The summed E-state index contributed by atoms with van der Waals surface area (Å²) in [4.78, 5) is 12.9. The quantitative estimate of drug-likeness (QED) is 0.676. The minimum absolute atomic E-state index is 0.158. The molecule has 3 aromatic rings. The molecule has 0 radical (unpaired) electrons. The first-order valence-electron chi connectivity index (χ1n) is 9.56. The van der Waals surface area contributed by atoms with Gasteiger partial charge in [-0.05, 0) is 43.3 Å². The Kier molecular flexibility index (Phi) is 5.67. The van der Waals surface area contributed by atoms with Gasteiger partial charge in [-0.25, -0.2) is 13.1 Å². The smallest absolute Gasteiger partial charge is 0.256 e. The molecule has 1 N–H and O–H groups in total. The van der Waals surface area contributed by atoms with Crippen LogP contribution in [0.4, 0.5) is 5.82 Å². The molecule has 1 fully saturated rings. The molecule has 0 unspecified atom stereocenters. The highest BCUT2D eigenvalue weighted by molar-refractivity contribution is 7.89. The second-order valence-corrected chi connectivity index (χ2v) is 8.85. The van der Waals surface area contributed by atoms with Crippen molar-refractivity contribution in [3.8, 4) is 5.69 Å². The van der Waals surface area contributed by atoms with E-state index < -0.39 is 10.0 Å². The van der Waals surface area contributed by atoms with Crippen LogP contribution in [0.1, 0.15) is 16.1 Å². The Morgan fingerprint density at radius 3 is 2.37 bits per heavy atom. The summed E-state index contributed by atoms with van der Waals surface area (Å²) in [5.74, 6) is 0.191. The van der Waals surface area contributed by atoms with E-state index in [1.807, 2.05) is 37.3 Å². The van der Waals surface area contributed by atoms with Gasteiger partial charge >= 0.3 is 0 Å². The molecule has 0 aliphatic carbocycles. The molecule has 1 aromatic heterocycles. The largest absolute Gasteiger partial charge is 0.379 e. The van der Waals surface area contributed by atoms with Crippen LogP contribution in [0.2, 0.25) is 0 Å². The van der Waals surface area contributed by atoms with Crippen LogP contribution < -0.4 is 5.32 Å². The molecule has 1 saturated heterocycles. The van der Waals surface area contributed by atoms with Gasteiger partial charge in [-0.2, -0.15) is 9.40 Å². The second kappa shape index (κ2) is 8.39. The zero-order valence-electron chi connectivity index (χ0n) is 16.5. The van der Waals surface area contributed by atoms with E-state index >= 15 is 0 Å². The number of morpholine rings is 1. The molecule has 8 nitrogen and oxygen atoms in total. The fourth-order valence-electron chi connectivity index (χ4n) is 3.26. The van der Waals surface area contributed by atoms with Crippen molar-refractivity contribution in [1.82, 2.24) is 14.1 Å². The Bertz CT molecular complexity index is 1140. The number of rotatable bonds is 5. The standard InChI is InChI=1S/C21H22N4O4S/c1-16-15-20(25(23-16)18-5-3-2-4-6-18)22-21(26)17-7-9-19(10-8-17)30(27,28)24-11-13-29-14-12-24/h2-10,15H,11-14H2,1H3,(H,22,26). The number of hydrogen-bond donors (Lipinski definition) is 1. The van der Waals surface area contributed by atoms with Crippen LogP contribution in [0.15, 0.2) is 65.6 Å². The minimum Gasteiger partial charge on any atom is -0.379 e. The lowest BCUT2D eigenvalue weighted by molar-refractivity contribution is 0.0730. The Morgan fingerprint density at radius 1 is 1.03 bits per heavy atom. The lowest BCUT2D eigenvalue weighted by Crippen LogP contribution is -2.40. The fraction of sp³-hybridized carbons (Fsp3) is 0.238. The Morgan fingerprint density at radius 2 is 1.70 bits per heavy atom. The van der Waals surface area contributed by atoms with Crippen molar-refractivity contribution in [1.29, 1.82) is 0 Å². The van der Waals surface area contributed by atoms with E-state index in [0.717, 1.165) is 11.4 Å². The van der Waals surface area contributed by atoms with Crippen molar-refractivity contribution in [2.24, 2.45) is 0 Å². The number of aryl methyl sites for hydroxylation is 1. The number of nitrogens with one attached hydrogen (secondary N) is 1. The molecule has 0 atom stereocenters. The third-order valence-electron chi connectivity index (χ3n) is 4.80. The van der Waals surface area contributed by atoms with Gasteiger partial charge in [0.2, 0.25) is 10.0 Å². The van der Waals surface area contributed by atoms with Crippen molar-refractivity contribution >= 4 is 21.7 Å². The van der Waals surface area contributed by atoms with Gasteiger partial charge in [0, 0.05) is 24.7 Å². The van der Waals surface area contributed by atoms with Gasteiger partial charge in [-0.1, -0.05) is 18.2 Å². The van der Waals surface area contributed by atoms with E-state index in [4.69, 9.17) is 4.74 Å². The van der Waals surface area contributed by atoms with E-state index in [2.05, 4.69) is 10.4 Å². The highest BCUT2D eigenvalue weighted by Crippen LogP contribution is 2.20. The number of hydrogen-bond acceptors (Lipinski definition) is 5. The molecule has 9 heteroatoms. The van der Waals surface area contributed by atoms with E-state index in [1.54, 1.807) is 10.7 Å². The SMILES string of the molecule is Cc1cc(NC(=O)c2ccc(S(=O)(=O)N3CCOCC3)cc2)n(-c2ccccc2)n1. The van der Waals surface area contributed by atoms with Crippen LogP contribution in [-0.4, -0.2) is 54.7 Å². The van der Waals surface area contributed by atoms with Gasteiger partial charge < -0.3 is 10.1 Å². The molecule has 156 valence electrons. The molecule has 0 saturated carbocycles. The van der Waals surface area contributed by atoms with Gasteiger partial charge in [0.05, 0.1) is 29.5 Å². The average Bonchev–Trinajstić information content (AvgIpc) is 3.15. The molecular formula is C21H22N4O4S. The van der Waals surface area contributed by atoms with Crippen molar-refractivity contribution in [3.05, 3.63) is 71.9 Å². The first-order valence-corrected chi connectivity index (χ1v) is 11.0. The van der Waals surface area contributed by atoms with Crippen LogP contribution in [0.3, 0.4) is 0 Å². The fourth-order valence-corrected chi connectivity index (χ4v) is 4.67. The van der Waals surface area contributed by atoms with Crippen molar-refractivity contribution < 1.29 is 17.9 Å². The maximum absolute atomic E-state index is 12.7. The van der Waals surface area contributed by atoms with Crippen molar-refractivity contribution in [3.63, 3.8) is 0 Å². The van der Waals surface area contributed by atoms with Crippen molar-refractivity contribution in [2.45, 2.75) is 11.8 Å². The number of benzene rings is 2. The zero-order chi connectivity index (χ0) is 21.1. The molecule has 4 rings (SSSR count). The summed E-state index contributed by atoms with van der Waals surface area (Å²) in [6, 6.07) is 17.2. The predicted molar refractivity (Wildman–Crippen MR) is 112 cm³/mol. The second-order valence-electron chi connectivity index (χ2n) is 6.91. The molecule has 0 bridgehead atoms. The van der Waals surface area contributed by atoms with Gasteiger partial charge in [0.1, 0.15) is 5.82 Å². The Balaban J connectivity index is 1.53. The number of carbonyl (C=O) groups excluding carboxylic acids is 1. The van der Waals surface area contributed by atoms with Gasteiger partial charge in [0.25, 0.3) is 5.91 Å². The van der Waals surface area contributed by atoms with Crippen molar-refractivity contribution in [2.75, 3.05) is 31.6 Å². The first kappa shape index (κ1) is 20.3. The van der Waals surface area contributed by atoms with Crippen LogP contribution in [-0.2, 0) is 14.8 Å². The van der Waals surface area contributed by atoms with Crippen LogP contribution in [0.5, 0.6) is 0 Å². The number of nitrogens with zero attached hydrogens (tertiary/aromatic N) is 3. The predicted octanol–water partition coefficient (Wildman–Crippen LogP) is 2.45. The molecule has 2 aromatic carbocycles. The van der Waals surface area contributed by atoms with E-state index in [0.29, 0.717) is 37.7 Å². The number of anilines is 1. The molecular weight excluding hydrogens is 404 g/mol. The minimum atomic E-state index is -3.60. The van der Waals surface area contributed by atoms with Crippen LogP contribution in [0.25, 0.3) is 5.69 Å². The highest BCUT2D eigenvalue weighted by atomic mass is 32.2. The average molecular weight is 426 g/mol. The molecule has 1 aliphatic rings. The maximum Gasteiger partial charge on any atom is 0.256 e. The first-order chi connectivity index (χ1) is 14.4. The Labute approximate surface area is 175 Å². The summed E-state index contributed by atoms with van der Waals surface area (Å²) in [7, 11) is -3.60. The normalized spacial score (nSPS) is 15.1. The van der Waals surface area contributed by atoms with Crippen LogP contribution >= 0.6 is 0 Å². The number of sulfonamides is 1. The lowest BCUT2D eigenvalue weighted by atomic mass is 10.2. The summed E-state index contributed by atoms with van der Waals surface area (Å²) in [5.41, 5.74) is 1.95. The molecule has 0 spiro atoms. The third-order valence-corrected chi connectivity index (χ3v) is 6.71. The summed E-state index contributed by atoms with van der Waals surface area (Å²) < 4.78 is 33.7. The van der Waals surface area contributed by atoms with Gasteiger partial charge in [-0.3, -0.25) is 4.79 Å². The molecule has 1 amide bonds. The molecule has 1 aliphatic heterocycles. The third kappa shape index (κ3) is 4.13. The summed E-state index contributed by atoms with van der Waals surface area (Å²) in [6.45, 7) is 3.27. The summed E-state index contributed by atoms with van der Waals surface area (Å²) >= 11 is 0. The van der Waals surface area contributed by atoms with Gasteiger partial charge in [-0.15, -0.1) is 0 Å². The summed E-state index contributed by atoms with van der Waals surface area (Å²) in [6.07, 6.45) is 0. The number of aromatic nitrogens is 2. The lowest BCUT2D eigenvalue weighted by Gasteiger charge is -2.26. The van der Waals surface area contributed by atoms with E-state index in [-0.39, 0.29) is 10.8 Å². The number of amides is 1. The Hall–Kier alpha value is -3.01. The van der Waals surface area contributed by atoms with E-state index in [1.165, 1.54) is 28.6 Å². The number of ether oxygens (including phenoxy) is 1. The van der Waals surface area contributed by atoms with Crippen LogP contribution in [0, 0.1) is 6.92 Å². The number of carbonyl (C=O) groups is 1. The number of para-hydroxylation sites is 1. The molecule has 2 heterocycles. The highest BCUT2D eigenvalue weighted by Gasteiger charge is 2.26. The molecule has 30 heavy (non-hydrogen) atoms. The van der Waals surface area contributed by atoms with Gasteiger partial charge in [0.15, 0.2) is 0 Å². The summed E-state index contributed by atoms with van der Waals surface area (Å²) in [5, 5.41) is 7.29.